The van der Waals surface area contributed by atoms with Crippen molar-refractivity contribution in [3.05, 3.63) is 23.4 Å². The van der Waals surface area contributed by atoms with E-state index in [1.165, 1.54) is 17.7 Å². The van der Waals surface area contributed by atoms with Gasteiger partial charge in [-0.3, -0.25) is 4.99 Å². The highest BCUT2D eigenvalue weighted by Gasteiger charge is 2.17. The van der Waals surface area contributed by atoms with E-state index in [1.54, 1.807) is 0 Å². The molecule has 0 aromatic heterocycles. The summed E-state index contributed by atoms with van der Waals surface area (Å²) >= 11 is 0. The number of aliphatic imine (C=N–C) groups is 1. The molecule has 2 nitrogen and oxygen atoms in total. The lowest BCUT2D eigenvalue weighted by Gasteiger charge is -2.11. The van der Waals surface area contributed by atoms with Gasteiger partial charge in [0, 0.05) is 19.8 Å². The Morgan fingerprint density at radius 1 is 1.58 bits per heavy atom. The molecule has 0 saturated heterocycles. The lowest BCUT2D eigenvalue weighted by atomic mass is 10.2. The molecule has 0 aromatic rings. The van der Waals surface area contributed by atoms with E-state index in [2.05, 4.69) is 36.0 Å². The van der Waals surface area contributed by atoms with E-state index < -0.39 is 0 Å². The first kappa shape index (κ1) is 7.59. The summed E-state index contributed by atoms with van der Waals surface area (Å²) in [6, 6.07) is 0.337. The number of hydrogen-bond donors (Lipinski definition) is 0. The minimum Gasteiger partial charge on any atom is -0.373 e. The van der Waals surface area contributed by atoms with Crippen LogP contribution in [0.1, 0.15) is 13.3 Å². The fourth-order valence-electron chi connectivity index (χ4n) is 1.63. The van der Waals surface area contributed by atoms with E-state index in [-0.39, 0.29) is 0 Å². The topological polar surface area (TPSA) is 15.6 Å². The molecule has 2 aliphatic rings. The largest absolute Gasteiger partial charge is 0.373 e. The van der Waals surface area contributed by atoms with Crippen molar-refractivity contribution in [2.24, 2.45) is 4.99 Å². The fourth-order valence-corrected chi connectivity index (χ4v) is 1.63. The second-order valence-electron chi connectivity index (χ2n) is 3.46. The Hall–Kier alpha value is -1.05. The number of rotatable bonds is 0. The van der Waals surface area contributed by atoms with Crippen LogP contribution in [0.5, 0.6) is 0 Å². The maximum Gasteiger partial charge on any atom is 0.0655 e. The van der Waals surface area contributed by atoms with Gasteiger partial charge in [-0.2, -0.15) is 0 Å². The number of allylic oxidation sites excluding steroid dienone is 2. The van der Waals surface area contributed by atoms with Crippen LogP contribution in [-0.2, 0) is 0 Å². The van der Waals surface area contributed by atoms with Gasteiger partial charge in [-0.15, -0.1) is 0 Å². The van der Waals surface area contributed by atoms with E-state index in [4.69, 9.17) is 0 Å². The van der Waals surface area contributed by atoms with E-state index in [9.17, 15) is 0 Å². The maximum atomic E-state index is 4.41. The summed E-state index contributed by atoms with van der Waals surface area (Å²) in [6.45, 7) is 3.24. The van der Waals surface area contributed by atoms with Crippen LogP contribution in [0.25, 0.3) is 0 Å². The zero-order chi connectivity index (χ0) is 8.55. The van der Waals surface area contributed by atoms with Crippen molar-refractivity contribution in [3.63, 3.8) is 0 Å². The lowest BCUT2D eigenvalue weighted by Crippen LogP contribution is -2.14. The Bertz CT molecular complexity index is 274. The Balaban J connectivity index is 2.33. The number of nitrogens with zero attached hydrogens (tertiary/aromatic N) is 2. The molecule has 0 fully saturated rings. The highest BCUT2D eigenvalue weighted by molar-refractivity contribution is 5.81. The van der Waals surface area contributed by atoms with Crippen molar-refractivity contribution in [1.82, 2.24) is 4.90 Å². The predicted octanol–water partition coefficient (Wildman–Crippen LogP) is 1.61. The fraction of sp³-hybridized carbons (Fsp3) is 0.500. The first-order valence-electron chi connectivity index (χ1n) is 4.43. The summed E-state index contributed by atoms with van der Waals surface area (Å²) in [5.74, 6) is 0. The molecule has 1 unspecified atom stereocenters. The zero-order valence-corrected chi connectivity index (χ0v) is 7.62. The van der Waals surface area contributed by atoms with Gasteiger partial charge in [0.15, 0.2) is 0 Å². The van der Waals surface area contributed by atoms with Crippen LogP contribution in [0, 0.1) is 0 Å². The maximum absolute atomic E-state index is 4.41. The molecule has 2 aliphatic heterocycles. The van der Waals surface area contributed by atoms with Crippen LogP contribution < -0.4 is 0 Å². The molecule has 2 heterocycles. The van der Waals surface area contributed by atoms with Crippen LogP contribution in [-0.4, -0.2) is 30.7 Å². The Morgan fingerprint density at radius 3 is 3.25 bits per heavy atom. The molecule has 0 N–H and O–H groups in total. The lowest BCUT2D eigenvalue weighted by molar-refractivity contribution is 0.480. The van der Waals surface area contributed by atoms with Crippen LogP contribution in [0.3, 0.4) is 0 Å². The molecule has 0 spiro atoms. The Kier molecular flexibility index (Phi) is 1.75. The standard InChI is InChI=1S/C10H14N2/c1-8-3-4-9-5-6-12(2)10(9)7-11-8/h3-4,7-8H,5-6H2,1-2H3. The van der Waals surface area contributed by atoms with Crippen molar-refractivity contribution in [2.75, 3.05) is 13.6 Å². The van der Waals surface area contributed by atoms with Gasteiger partial charge < -0.3 is 4.90 Å². The third-order valence-corrected chi connectivity index (χ3v) is 2.46. The van der Waals surface area contributed by atoms with E-state index in [0.29, 0.717) is 6.04 Å². The summed E-state index contributed by atoms with van der Waals surface area (Å²) in [4.78, 5) is 6.67. The van der Waals surface area contributed by atoms with Gasteiger partial charge in [-0.05, 0) is 18.9 Å². The summed E-state index contributed by atoms with van der Waals surface area (Å²) in [5, 5.41) is 0. The highest BCUT2D eigenvalue weighted by Crippen LogP contribution is 2.22. The Morgan fingerprint density at radius 2 is 2.42 bits per heavy atom. The van der Waals surface area contributed by atoms with Crippen molar-refractivity contribution < 1.29 is 0 Å². The van der Waals surface area contributed by atoms with Gasteiger partial charge in [-0.25, -0.2) is 0 Å². The van der Waals surface area contributed by atoms with Gasteiger partial charge in [0.1, 0.15) is 0 Å². The average molecular weight is 162 g/mol. The van der Waals surface area contributed by atoms with Crippen LogP contribution in [0.2, 0.25) is 0 Å². The van der Waals surface area contributed by atoms with Gasteiger partial charge in [0.05, 0.1) is 11.7 Å². The summed E-state index contributed by atoms with van der Waals surface area (Å²) in [5.41, 5.74) is 2.74. The molecule has 0 aromatic carbocycles. The quantitative estimate of drug-likeness (QED) is 0.528. The molecule has 2 rings (SSSR count). The van der Waals surface area contributed by atoms with Gasteiger partial charge >= 0.3 is 0 Å². The predicted molar refractivity (Wildman–Crippen MR) is 51.4 cm³/mol. The molecule has 0 bridgehead atoms. The van der Waals surface area contributed by atoms with Crippen LogP contribution in [0.15, 0.2) is 28.4 Å². The van der Waals surface area contributed by atoms with Crippen LogP contribution >= 0.6 is 0 Å². The highest BCUT2D eigenvalue weighted by atomic mass is 15.1. The molecule has 0 radical (unpaired) electrons. The van der Waals surface area contributed by atoms with E-state index >= 15 is 0 Å². The third-order valence-electron chi connectivity index (χ3n) is 2.46. The first-order valence-corrected chi connectivity index (χ1v) is 4.43. The molecular weight excluding hydrogens is 148 g/mol. The minimum absolute atomic E-state index is 0.337. The number of hydrogen-bond acceptors (Lipinski definition) is 2. The van der Waals surface area contributed by atoms with Crippen molar-refractivity contribution in [3.8, 4) is 0 Å². The second-order valence-corrected chi connectivity index (χ2v) is 3.46. The van der Waals surface area contributed by atoms with E-state index in [0.717, 1.165) is 6.54 Å². The molecular formula is C10H14N2. The van der Waals surface area contributed by atoms with E-state index in [1.807, 2.05) is 6.21 Å². The van der Waals surface area contributed by atoms with Crippen molar-refractivity contribution in [1.29, 1.82) is 0 Å². The third kappa shape index (κ3) is 1.17. The van der Waals surface area contributed by atoms with Gasteiger partial charge in [-0.1, -0.05) is 12.2 Å². The second kappa shape index (κ2) is 2.77. The zero-order valence-electron chi connectivity index (χ0n) is 7.62. The molecule has 2 heteroatoms. The summed E-state index contributed by atoms with van der Waals surface area (Å²) in [7, 11) is 2.12. The molecule has 0 aliphatic carbocycles. The summed E-state index contributed by atoms with van der Waals surface area (Å²) in [6.07, 6.45) is 7.56. The first-order chi connectivity index (χ1) is 5.77. The van der Waals surface area contributed by atoms with Gasteiger partial charge in [0.25, 0.3) is 0 Å². The summed E-state index contributed by atoms with van der Waals surface area (Å²) < 4.78 is 0. The Labute approximate surface area is 73.3 Å². The SMILES string of the molecule is CC1C=CC2=C(C=N1)N(C)CC2. The normalized spacial score (nSPS) is 27.8. The molecule has 0 amide bonds. The van der Waals surface area contributed by atoms with Crippen LogP contribution in [0.4, 0.5) is 0 Å². The minimum atomic E-state index is 0.337. The van der Waals surface area contributed by atoms with Gasteiger partial charge in [0.2, 0.25) is 0 Å². The smallest absolute Gasteiger partial charge is 0.0655 e. The molecule has 0 saturated carbocycles. The molecule has 1 atom stereocenters. The van der Waals surface area contributed by atoms with Crippen molar-refractivity contribution >= 4 is 6.21 Å². The van der Waals surface area contributed by atoms with Crippen molar-refractivity contribution in [2.45, 2.75) is 19.4 Å². The average Bonchev–Trinajstić information content (AvgIpc) is 2.28. The molecule has 12 heavy (non-hydrogen) atoms. The monoisotopic (exact) mass is 162 g/mol. The molecule has 64 valence electrons.